The highest BCUT2D eigenvalue weighted by Crippen LogP contribution is 2.20. The minimum absolute atomic E-state index is 0.0460. The smallest absolute Gasteiger partial charge is 0.241 e. The van der Waals surface area contributed by atoms with E-state index in [-0.39, 0.29) is 23.5 Å². The molecule has 0 radical (unpaired) electrons. The highest BCUT2D eigenvalue weighted by atomic mass is 32.2. The van der Waals surface area contributed by atoms with Crippen LogP contribution < -0.4 is 20.1 Å². The number of rotatable bonds is 9. The van der Waals surface area contributed by atoms with E-state index in [1.807, 2.05) is 37.3 Å². The van der Waals surface area contributed by atoms with E-state index in [9.17, 15) is 8.42 Å². The first-order chi connectivity index (χ1) is 14.9. The van der Waals surface area contributed by atoms with Crippen LogP contribution in [0, 0.1) is 18.3 Å². The molecule has 31 heavy (non-hydrogen) atoms. The first kappa shape index (κ1) is 22.0. The molecule has 10 heteroatoms. The molecule has 0 aliphatic heterocycles. The van der Waals surface area contributed by atoms with E-state index < -0.39 is 10.0 Å². The minimum Gasteiger partial charge on any atom is -0.497 e. The van der Waals surface area contributed by atoms with Crippen molar-refractivity contribution in [3.05, 3.63) is 65.9 Å². The molecule has 2 aromatic carbocycles. The SMILES string of the molecule is COc1ccc(Nc2cc(C)nc(NCCNS(=O)(=O)c3ccccc3C#N)n2)cc1. The standard InChI is InChI=1S/C21H22N6O3S/c1-15-13-20(26-17-7-9-18(30-2)10-8-17)27-21(25-15)23-11-12-24-31(28,29)19-6-4-3-5-16(19)14-22/h3-10,13,24H,11-12H2,1-2H3,(H2,23,25,26,27). The van der Waals surface area contributed by atoms with Gasteiger partial charge in [-0.05, 0) is 43.3 Å². The fraction of sp³-hybridized carbons (Fsp3) is 0.190. The Morgan fingerprint density at radius 1 is 1.06 bits per heavy atom. The molecular weight excluding hydrogens is 416 g/mol. The van der Waals surface area contributed by atoms with Gasteiger partial charge < -0.3 is 15.4 Å². The fourth-order valence-electron chi connectivity index (χ4n) is 2.76. The molecule has 0 saturated carbocycles. The molecule has 1 heterocycles. The summed E-state index contributed by atoms with van der Waals surface area (Å²) in [5.74, 6) is 1.72. The second-order valence-electron chi connectivity index (χ2n) is 6.50. The summed E-state index contributed by atoms with van der Waals surface area (Å²) in [7, 11) is -2.19. The molecule has 0 bridgehead atoms. The van der Waals surface area contributed by atoms with Gasteiger partial charge in [0, 0.05) is 30.5 Å². The third-order valence-electron chi connectivity index (χ3n) is 4.21. The van der Waals surface area contributed by atoms with Crippen molar-refractivity contribution in [3.8, 4) is 11.8 Å². The first-order valence-electron chi connectivity index (χ1n) is 9.41. The number of ether oxygens (including phenoxy) is 1. The Morgan fingerprint density at radius 2 is 1.81 bits per heavy atom. The van der Waals surface area contributed by atoms with Crippen LogP contribution >= 0.6 is 0 Å². The largest absolute Gasteiger partial charge is 0.497 e. The molecule has 0 aliphatic carbocycles. The number of aromatic nitrogens is 2. The first-order valence-corrected chi connectivity index (χ1v) is 10.9. The lowest BCUT2D eigenvalue weighted by Gasteiger charge is -2.11. The van der Waals surface area contributed by atoms with Crippen LogP contribution in [0.1, 0.15) is 11.3 Å². The number of nitrogens with zero attached hydrogens (tertiary/aromatic N) is 3. The summed E-state index contributed by atoms with van der Waals surface area (Å²) in [5, 5.41) is 15.3. The summed E-state index contributed by atoms with van der Waals surface area (Å²) in [6, 6.07) is 17.2. The van der Waals surface area contributed by atoms with E-state index in [1.54, 1.807) is 25.3 Å². The molecule has 0 saturated heterocycles. The number of hydrogen-bond donors (Lipinski definition) is 3. The number of nitrogens with one attached hydrogen (secondary N) is 3. The van der Waals surface area contributed by atoms with Crippen molar-refractivity contribution in [2.45, 2.75) is 11.8 Å². The lowest BCUT2D eigenvalue weighted by Crippen LogP contribution is -2.29. The molecule has 0 amide bonds. The van der Waals surface area contributed by atoms with Crippen LogP contribution in [-0.2, 0) is 10.0 Å². The third-order valence-corrected chi connectivity index (χ3v) is 5.73. The van der Waals surface area contributed by atoms with Crippen LogP contribution in [0.25, 0.3) is 0 Å². The summed E-state index contributed by atoms with van der Waals surface area (Å²) in [5.41, 5.74) is 1.69. The molecule has 9 nitrogen and oxygen atoms in total. The van der Waals surface area contributed by atoms with Gasteiger partial charge in [0.25, 0.3) is 0 Å². The van der Waals surface area contributed by atoms with Crippen molar-refractivity contribution >= 4 is 27.5 Å². The molecule has 1 aromatic heterocycles. The van der Waals surface area contributed by atoms with E-state index in [4.69, 9.17) is 10.00 Å². The zero-order valence-corrected chi connectivity index (χ0v) is 17.9. The van der Waals surface area contributed by atoms with Crippen LogP contribution in [0.4, 0.5) is 17.5 Å². The predicted octanol–water partition coefficient (Wildman–Crippen LogP) is 2.80. The zero-order chi connectivity index (χ0) is 22.3. The quantitative estimate of drug-likeness (QED) is 0.435. The Labute approximate surface area is 181 Å². The fourth-order valence-corrected chi connectivity index (χ4v) is 3.95. The number of anilines is 3. The van der Waals surface area contributed by atoms with Gasteiger partial charge in [-0.2, -0.15) is 10.2 Å². The van der Waals surface area contributed by atoms with Crippen LogP contribution in [0.15, 0.2) is 59.5 Å². The number of methoxy groups -OCH3 is 1. The lowest BCUT2D eigenvalue weighted by atomic mass is 10.2. The molecule has 3 rings (SSSR count). The van der Waals surface area contributed by atoms with Crippen molar-refractivity contribution < 1.29 is 13.2 Å². The van der Waals surface area contributed by atoms with E-state index >= 15 is 0 Å². The topological polar surface area (TPSA) is 129 Å². The summed E-state index contributed by atoms with van der Waals surface area (Å²) < 4.78 is 32.5. The Morgan fingerprint density at radius 3 is 2.52 bits per heavy atom. The average molecular weight is 439 g/mol. The van der Waals surface area contributed by atoms with Gasteiger partial charge >= 0.3 is 0 Å². The van der Waals surface area contributed by atoms with Crippen molar-refractivity contribution in [3.63, 3.8) is 0 Å². The average Bonchev–Trinajstić information content (AvgIpc) is 2.77. The van der Waals surface area contributed by atoms with Crippen LogP contribution in [0.5, 0.6) is 5.75 Å². The lowest BCUT2D eigenvalue weighted by molar-refractivity contribution is 0.415. The van der Waals surface area contributed by atoms with Crippen molar-refractivity contribution in [1.82, 2.24) is 14.7 Å². The second-order valence-corrected chi connectivity index (χ2v) is 8.24. The maximum absolute atomic E-state index is 12.4. The van der Waals surface area contributed by atoms with Gasteiger partial charge in [-0.1, -0.05) is 12.1 Å². The maximum atomic E-state index is 12.4. The Kier molecular flexibility index (Phi) is 7.02. The van der Waals surface area contributed by atoms with Gasteiger partial charge in [0.15, 0.2) is 0 Å². The number of aryl methyl sites for hydroxylation is 1. The molecule has 0 unspecified atom stereocenters. The monoisotopic (exact) mass is 438 g/mol. The third kappa shape index (κ3) is 5.91. The summed E-state index contributed by atoms with van der Waals surface area (Å²) in [6.45, 7) is 2.20. The molecular formula is C21H22N6O3S. The summed E-state index contributed by atoms with van der Waals surface area (Å²) >= 11 is 0. The Balaban J connectivity index is 1.60. The van der Waals surface area contributed by atoms with E-state index in [2.05, 4.69) is 25.3 Å². The molecule has 0 fully saturated rings. The molecule has 0 atom stereocenters. The molecule has 3 N–H and O–H groups in total. The van der Waals surface area contributed by atoms with Gasteiger partial charge in [-0.3, -0.25) is 0 Å². The van der Waals surface area contributed by atoms with Crippen molar-refractivity contribution in [2.75, 3.05) is 30.8 Å². The summed E-state index contributed by atoms with van der Waals surface area (Å²) in [6.07, 6.45) is 0. The second kappa shape index (κ2) is 9.88. The van der Waals surface area contributed by atoms with E-state index in [0.29, 0.717) is 11.8 Å². The number of sulfonamides is 1. The van der Waals surface area contributed by atoms with Crippen LogP contribution in [0.3, 0.4) is 0 Å². The highest BCUT2D eigenvalue weighted by molar-refractivity contribution is 7.89. The van der Waals surface area contributed by atoms with Crippen molar-refractivity contribution in [1.29, 1.82) is 5.26 Å². The molecule has 0 spiro atoms. The number of nitriles is 1. The van der Waals surface area contributed by atoms with Gasteiger partial charge in [0.05, 0.1) is 17.6 Å². The number of benzene rings is 2. The van der Waals surface area contributed by atoms with Gasteiger partial charge in [0.2, 0.25) is 16.0 Å². The van der Waals surface area contributed by atoms with Crippen LogP contribution in [-0.4, -0.2) is 38.6 Å². The Hall–Kier alpha value is -3.68. The number of hydrogen-bond acceptors (Lipinski definition) is 8. The van der Waals surface area contributed by atoms with E-state index in [0.717, 1.165) is 17.1 Å². The van der Waals surface area contributed by atoms with Gasteiger partial charge in [0.1, 0.15) is 17.6 Å². The normalized spacial score (nSPS) is 10.9. The highest BCUT2D eigenvalue weighted by Gasteiger charge is 2.17. The van der Waals surface area contributed by atoms with Gasteiger partial charge in [-0.25, -0.2) is 18.1 Å². The molecule has 160 valence electrons. The van der Waals surface area contributed by atoms with E-state index in [1.165, 1.54) is 12.1 Å². The predicted molar refractivity (Wildman–Crippen MR) is 118 cm³/mol. The molecule has 3 aromatic rings. The Bertz CT molecular complexity index is 1190. The minimum atomic E-state index is -3.80. The van der Waals surface area contributed by atoms with Crippen LogP contribution in [0.2, 0.25) is 0 Å². The van der Waals surface area contributed by atoms with Crippen molar-refractivity contribution in [2.24, 2.45) is 0 Å². The maximum Gasteiger partial charge on any atom is 0.241 e. The summed E-state index contributed by atoms with van der Waals surface area (Å²) in [4.78, 5) is 8.68. The van der Waals surface area contributed by atoms with Gasteiger partial charge in [-0.15, -0.1) is 0 Å². The zero-order valence-electron chi connectivity index (χ0n) is 17.1. The molecule has 0 aliphatic rings.